The van der Waals surface area contributed by atoms with Gasteiger partial charge in [0, 0.05) is 27.9 Å². The highest BCUT2D eigenvalue weighted by molar-refractivity contribution is 14.1. The van der Waals surface area contributed by atoms with Crippen molar-refractivity contribution in [2.45, 2.75) is 6.92 Å². The molecule has 0 fully saturated rings. The molecule has 3 N–H and O–H groups in total. The van der Waals surface area contributed by atoms with Crippen LogP contribution in [0.3, 0.4) is 0 Å². The van der Waals surface area contributed by atoms with E-state index < -0.39 is 11.0 Å². The molecular formula is C15H12BrIN4O4. The molecule has 0 saturated heterocycles. The maximum absolute atomic E-state index is 11.8. The van der Waals surface area contributed by atoms with Crippen LogP contribution in [0.25, 0.3) is 0 Å². The lowest BCUT2D eigenvalue weighted by Crippen LogP contribution is -2.24. The third kappa shape index (κ3) is 5.13. The van der Waals surface area contributed by atoms with Crippen molar-refractivity contribution in [3.63, 3.8) is 0 Å². The van der Waals surface area contributed by atoms with Crippen LogP contribution in [-0.4, -0.2) is 22.3 Å². The quantitative estimate of drug-likeness (QED) is 0.244. The summed E-state index contributed by atoms with van der Waals surface area (Å²) in [5.41, 5.74) is 3.72. The fourth-order valence-corrected chi connectivity index (χ4v) is 2.73. The van der Waals surface area contributed by atoms with Crippen LogP contribution in [-0.2, 0) is 0 Å². The Morgan fingerprint density at radius 3 is 2.76 bits per heavy atom. The van der Waals surface area contributed by atoms with Crippen LogP contribution < -0.4 is 10.7 Å². The Labute approximate surface area is 164 Å². The largest absolute Gasteiger partial charge is 0.506 e. The number of hydrogen-bond acceptors (Lipinski definition) is 5. The Morgan fingerprint density at radius 2 is 2.12 bits per heavy atom. The molecule has 25 heavy (non-hydrogen) atoms. The van der Waals surface area contributed by atoms with Gasteiger partial charge >= 0.3 is 6.03 Å². The second-order valence-electron chi connectivity index (χ2n) is 4.91. The van der Waals surface area contributed by atoms with E-state index in [2.05, 4.69) is 31.8 Å². The summed E-state index contributed by atoms with van der Waals surface area (Å²) < 4.78 is 1.23. The smallest absolute Gasteiger partial charge is 0.339 e. The number of aryl methyl sites for hydroxylation is 1. The highest BCUT2D eigenvalue weighted by atomic mass is 127. The van der Waals surface area contributed by atoms with Crippen molar-refractivity contribution in [3.05, 3.63) is 59.6 Å². The molecule has 2 aromatic carbocycles. The summed E-state index contributed by atoms with van der Waals surface area (Å²) in [6.45, 7) is 1.89. The Bertz CT molecular complexity index is 873. The zero-order valence-electron chi connectivity index (χ0n) is 12.8. The lowest BCUT2D eigenvalue weighted by atomic mass is 10.2. The normalized spacial score (nSPS) is 10.7. The summed E-state index contributed by atoms with van der Waals surface area (Å²) in [7, 11) is 0. The predicted octanol–water partition coefficient (Wildman–Crippen LogP) is 4.13. The van der Waals surface area contributed by atoms with E-state index in [1.807, 2.05) is 6.92 Å². The summed E-state index contributed by atoms with van der Waals surface area (Å²) in [6, 6.07) is 7.12. The monoisotopic (exact) mass is 518 g/mol. The number of aromatic hydroxyl groups is 1. The Morgan fingerprint density at radius 1 is 1.40 bits per heavy atom. The third-order valence-corrected chi connectivity index (χ3v) is 4.79. The van der Waals surface area contributed by atoms with Gasteiger partial charge in [-0.05, 0) is 53.3 Å². The molecule has 0 aliphatic heterocycles. The number of hydrazone groups is 1. The molecule has 0 heterocycles. The molecular weight excluding hydrogens is 507 g/mol. The number of rotatable bonds is 4. The van der Waals surface area contributed by atoms with E-state index in [1.54, 1.807) is 40.8 Å². The van der Waals surface area contributed by atoms with E-state index in [1.165, 1.54) is 12.1 Å². The van der Waals surface area contributed by atoms with Crippen molar-refractivity contribution in [2.24, 2.45) is 5.10 Å². The number of halogens is 2. The molecule has 0 aliphatic carbocycles. The number of anilines is 1. The zero-order valence-corrected chi connectivity index (χ0v) is 16.5. The van der Waals surface area contributed by atoms with Gasteiger partial charge in [-0.25, -0.2) is 10.2 Å². The van der Waals surface area contributed by atoms with Crippen LogP contribution >= 0.6 is 38.5 Å². The number of nitro benzene ring substituents is 1. The first kappa shape index (κ1) is 19.1. The van der Waals surface area contributed by atoms with E-state index in [4.69, 9.17) is 0 Å². The average molecular weight is 519 g/mol. The standard InChI is InChI=1S/C15H12BrIN4O4/c1-8-4-10(2-3-12(8)16)19-15(23)20-18-7-9-5-11(21(24)25)6-13(17)14(9)22/h2-7,22H,1H3,(H2,19,20,23)/b18-7+. The van der Waals surface area contributed by atoms with Gasteiger partial charge in [-0.3, -0.25) is 10.1 Å². The van der Waals surface area contributed by atoms with Gasteiger partial charge in [0.25, 0.3) is 5.69 Å². The van der Waals surface area contributed by atoms with Gasteiger partial charge in [0.15, 0.2) is 0 Å². The second kappa shape index (κ2) is 8.25. The van der Waals surface area contributed by atoms with E-state index in [0.717, 1.165) is 16.3 Å². The highest BCUT2D eigenvalue weighted by Crippen LogP contribution is 2.28. The van der Waals surface area contributed by atoms with Crippen LogP contribution in [0, 0.1) is 20.6 Å². The predicted molar refractivity (Wildman–Crippen MR) is 106 cm³/mol. The number of nitro groups is 1. The van der Waals surface area contributed by atoms with Gasteiger partial charge in [0.05, 0.1) is 14.7 Å². The summed E-state index contributed by atoms with van der Waals surface area (Å²) in [5, 5.41) is 27.0. The lowest BCUT2D eigenvalue weighted by Gasteiger charge is -2.06. The molecule has 10 heteroatoms. The number of urea groups is 1. The number of phenolic OH excluding ortho intramolecular Hbond substituents is 1. The molecule has 8 nitrogen and oxygen atoms in total. The Hall–Kier alpha value is -2.21. The molecule has 0 spiro atoms. The van der Waals surface area contributed by atoms with Crippen molar-refractivity contribution in [2.75, 3.05) is 5.32 Å². The number of phenols is 1. The molecule has 130 valence electrons. The number of hydrogen-bond donors (Lipinski definition) is 3. The number of carbonyl (C=O) groups is 1. The molecule has 0 aromatic heterocycles. The average Bonchev–Trinajstić information content (AvgIpc) is 2.54. The maximum Gasteiger partial charge on any atom is 0.339 e. The number of carbonyl (C=O) groups excluding carboxylic acids is 1. The van der Waals surface area contributed by atoms with Crippen molar-refractivity contribution in [1.82, 2.24) is 5.43 Å². The molecule has 0 saturated carbocycles. The highest BCUT2D eigenvalue weighted by Gasteiger charge is 2.13. The van der Waals surface area contributed by atoms with Crippen molar-refractivity contribution >= 4 is 62.1 Å². The van der Waals surface area contributed by atoms with Crippen LogP contribution in [0.2, 0.25) is 0 Å². The van der Waals surface area contributed by atoms with Crippen LogP contribution in [0.1, 0.15) is 11.1 Å². The first-order valence-corrected chi connectivity index (χ1v) is 8.68. The van der Waals surface area contributed by atoms with Crippen molar-refractivity contribution in [3.8, 4) is 5.75 Å². The summed E-state index contributed by atoms with van der Waals surface area (Å²) >= 11 is 5.14. The third-order valence-electron chi connectivity index (χ3n) is 3.07. The maximum atomic E-state index is 11.8. The lowest BCUT2D eigenvalue weighted by molar-refractivity contribution is -0.385. The molecule has 2 amide bonds. The van der Waals surface area contributed by atoms with Gasteiger partial charge in [-0.1, -0.05) is 15.9 Å². The van der Waals surface area contributed by atoms with Gasteiger partial charge in [0.1, 0.15) is 5.75 Å². The minimum absolute atomic E-state index is 0.124. The van der Waals surface area contributed by atoms with Gasteiger partial charge in [0.2, 0.25) is 0 Å². The fraction of sp³-hybridized carbons (Fsp3) is 0.0667. The first-order valence-electron chi connectivity index (χ1n) is 6.81. The minimum Gasteiger partial charge on any atom is -0.506 e. The van der Waals surface area contributed by atoms with Gasteiger partial charge in [-0.15, -0.1) is 0 Å². The fourth-order valence-electron chi connectivity index (χ4n) is 1.85. The number of nitrogens with one attached hydrogen (secondary N) is 2. The molecule has 0 bridgehead atoms. The summed E-state index contributed by atoms with van der Waals surface area (Å²) in [4.78, 5) is 22.1. The van der Waals surface area contributed by atoms with E-state index in [0.29, 0.717) is 9.26 Å². The number of benzene rings is 2. The molecule has 0 unspecified atom stereocenters. The van der Waals surface area contributed by atoms with E-state index in [-0.39, 0.29) is 17.0 Å². The first-order chi connectivity index (χ1) is 11.8. The molecule has 0 atom stereocenters. The molecule has 2 rings (SSSR count). The molecule has 2 aromatic rings. The molecule has 0 aliphatic rings. The number of non-ortho nitro benzene ring substituents is 1. The van der Waals surface area contributed by atoms with Crippen LogP contribution in [0.5, 0.6) is 5.75 Å². The van der Waals surface area contributed by atoms with E-state index in [9.17, 15) is 20.0 Å². The molecule has 0 radical (unpaired) electrons. The number of amides is 2. The second-order valence-corrected chi connectivity index (χ2v) is 6.93. The van der Waals surface area contributed by atoms with Crippen molar-refractivity contribution in [1.29, 1.82) is 0 Å². The van der Waals surface area contributed by atoms with Crippen molar-refractivity contribution < 1.29 is 14.8 Å². The van der Waals surface area contributed by atoms with Gasteiger partial charge in [-0.2, -0.15) is 5.10 Å². The number of nitrogens with zero attached hydrogens (tertiary/aromatic N) is 2. The minimum atomic E-state index is -0.586. The van der Waals surface area contributed by atoms with E-state index >= 15 is 0 Å². The SMILES string of the molecule is Cc1cc(NC(=O)N/N=C/c2cc([N+](=O)[O-])cc(I)c2O)ccc1Br. The summed E-state index contributed by atoms with van der Waals surface area (Å²) in [6.07, 6.45) is 1.14. The Kier molecular flexibility index (Phi) is 6.31. The van der Waals surface area contributed by atoms with Crippen LogP contribution in [0.15, 0.2) is 39.9 Å². The zero-order chi connectivity index (χ0) is 18.6. The van der Waals surface area contributed by atoms with Crippen LogP contribution in [0.4, 0.5) is 16.2 Å². The van der Waals surface area contributed by atoms with Gasteiger partial charge < -0.3 is 10.4 Å². The summed E-state index contributed by atoms with van der Waals surface area (Å²) in [5.74, 6) is -0.152. The topological polar surface area (TPSA) is 117 Å². The Balaban J connectivity index is 2.06.